The van der Waals surface area contributed by atoms with Crippen LogP contribution in [0, 0.1) is 24.7 Å². The molecule has 12 heteroatoms. The second-order valence-corrected chi connectivity index (χ2v) is 13.5. The Morgan fingerprint density at radius 1 is 1.04 bits per heavy atom. The number of Topliss-reactive ketones (excluding diaryl/α,β-unsaturated/α-hetero) is 1. The summed E-state index contributed by atoms with van der Waals surface area (Å²) in [6.07, 6.45) is 7.20. The molecular formula is C36H45N5O7. The van der Waals surface area contributed by atoms with Crippen molar-refractivity contribution >= 4 is 46.1 Å². The Balaban J connectivity index is 1.32. The SMILES string of the molecule is CNC(=O)C(=O)CCC(NC(=O)c1oc2ccccc2c1C)C(=O)Nc1cccn(CC(=O)NC23CCCC(C)C2CCC(C)C3)c1=O. The molecule has 0 aliphatic heterocycles. The van der Waals surface area contributed by atoms with Crippen LogP contribution in [-0.2, 0) is 25.7 Å². The van der Waals surface area contributed by atoms with Gasteiger partial charge in [-0.25, -0.2) is 0 Å². The van der Waals surface area contributed by atoms with E-state index in [0.29, 0.717) is 28.9 Å². The molecule has 0 saturated heterocycles. The molecule has 0 radical (unpaired) electrons. The molecule has 2 aliphatic carbocycles. The van der Waals surface area contributed by atoms with Gasteiger partial charge in [-0.15, -0.1) is 0 Å². The number of furan rings is 1. The third-order valence-corrected chi connectivity index (χ3v) is 10.2. The smallest absolute Gasteiger partial charge is 0.287 e. The van der Waals surface area contributed by atoms with Crippen molar-refractivity contribution in [2.75, 3.05) is 12.4 Å². The zero-order valence-corrected chi connectivity index (χ0v) is 28.0. The maximum Gasteiger partial charge on any atom is 0.287 e. The van der Waals surface area contributed by atoms with E-state index < -0.39 is 35.1 Å². The van der Waals surface area contributed by atoms with E-state index >= 15 is 0 Å². The summed E-state index contributed by atoms with van der Waals surface area (Å²) in [6.45, 7) is 5.99. The molecule has 5 unspecified atom stereocenters. The van der Waals surface area contributed by atoms with E-state index in [1.165, 1.54) is 23.9 Å². The summed E-state index contributed by atoms with van der Waals surface area (Å²) in [5.41, 5.74) is 0.0990. The molecule has 5 atom stereocenters. The average Bonchev–Trinajstić information content (AvgIpc) is 3.40. The van der Waals surface area contributed by atoms with Crippen LogP contribution in [0.3, 0.4) is 0 Å². The van der Waals surface area contributed by atoms with Crippen LogP contribution in [0.1, 0.15) is 81.3 Å². The predicted molar refractivity (Wildman–Crippen MR) is 180 cm³/mol. The molecule has 2 aliphatic rings. The number of nitrogens with zero attached hydrogens (tertiary/aromatic N) is 1. The second kappa shape index (κ2) is 14.6. The van der Waals surface area contributed by atoms with E-state index in [2.05, 4.69) is 35.1 Å². The van der Waals surface area contributed by atoms with Gasteiger partial charge in [0.1, 0.15) is 23.9 Å². The van der Waals surface area contributed by atoms with Crippen molar-refractivity contribution in [1.29, 1.82) is 0 Å². The van der Waals surface area contributed by atoms with Gasteiger partial charge in [-0.05, 0) is 68.6 Å². The molecule has 3 aromatic rings. The number of benzene rings is 1. The van der Waals surface area contributed by atoms with Crippen molar-refractivity contribution in [1.82, 2.24) is 20.5 Å². The van der Waals surface area contributed by atoms with E-state index in [-0.39, 0.29) is 42.3 Å². The molecule has 5 rings (SSSR count). The number of pyridine rings is 1. The largest absolute Gasteiger partial charge is 0.451 e. The van der Waals surface area contributed by atoms with Crippen molar-refractivity contribution in [2.45, 2.75) is 90.3 Å². The van der Waals surface area contributed by atoms with Crippen LogP contribution in [0.5, 0.6) is 0 Å². The van der Waals surface area contributed by atoms with Crippen LogP contribution in [0.4, 0.5) is 5.69 Å². The molecule has 48 heavy (non-hydrogen) atoms. The number of rotatable bonds is 11. The Bertz CT molecular complexity index is 1780. The fourth-order valence-corrected chi connectivity index (χ4v) is 7.74. The molecule has 256 valence electrons. The van der Waals surface area contributed by atoms with Crippen LogP contribution in [0.15, 0.2) is 51.8 Å². The molecule has 2 heterocycles. The topological polar surface area (TPSA) is 169 Å². The predicted octanol–water partition coefficient (Wildman–Crippen LogP) is 3.85. The summed E-state index contributed by atoms with van der Waals surface area (Å²) in [5.74, 6) is -1.88. The molecule has 2 fully saturated rings. The molecule has 1 aromatic carbocycles. The Kier molecular flexibility index (Phi) is 10.5. The minimum absolute atomic E-state index is 0.00105. The van der Waals surface area contributed by atoms with Gasteiger partial charge in [0.25, 0.3) is 17.4 Å². The van der Waals surface area contributed by atoms with Gasteiger partial charge < -0.3 is 30.3 Å². The number of amides is 4. The third-order valence-electron chi connectivity index (χ3n) is 10.2. The minimum atomic E-state index is -1.30. The highest BCUT2D eigenvalue weighted by Crippen LogP contribution is 2.48. The maximum atomic E-state index is 13.6. The van der Waals surface area contributed by atoms with Crippen LogP contribution >= 0.6 is 0 Å². The standard InChI is InChI=1S/C36H45N5O7/c1-21-13-14-25-22(2)9-7-17-36(25,19-21)40-30(43)20-41-18-8-11-27(35(41)47)39-32(44)26(15-16-28(42)33(45)37-4)38-34(46)31-23(3)24-10-5-6-12-29(24)48-31/h5-6,8,10-12,18,21-22,25-26H,7,9,13-17,19-20H2,1-4H3,(H,37,45)(H,38,46)(H,39,44)(H,40,43). The first-order chi connectivity index (χ1) is 22.9. The maximum absolute atomic E-state index is 13.6. The first-order valence-electron chi connectivity index (χ1n) is 16.8. The van der Waals surface area contributed by atoms with E-state index in [9.17, 15) is 28.8 Å². The second-order valence-electron chi connectivity index (χ2n) is 13.5. The normalized spacial score (nSPS) is 22.6. The Morgan fingerprint density at radius 2 is 1.81 bits per heavy atom. The number of nitrogens with one attached hydrogen (secondary N) is 4. The summed E-state index contributed by atoms with van der Waals surface area (Å²) in [6, 6.07) is 8.77. The van der Waals surface area contributed by atoms with E-state index in [4.69, 9.17) is 4.42 Å². The van der Waals surface area contributed by atoms with Gasteiger partial charge in [0.2, 0.25) is 17.6 Å². The van der Waals surface area contributed by atoms with Gasteiger partial charge in [-0.2, -0.15) is 0 Å². The molecular weight excluding hydrogens is 614 g/mol. The zero-order valence-electron chi connectivity index (χ0n) is 28.0. The Morgan fingerprint density at radius 3 is 2.56 bits per heavy atom. The van der Waals surface area contributed by atoms with Crippen LogP contribution in [0.2, 0.25) is 0 Å². The zero-order chi connectivity index (χ0) is 34.6. The summed E-state index contributed by atoms with van der Waals surface area (Å²) in [4.78, 5) is 77.9. The highest BCUT2D eigenvalue weighted by atomic mass is 16.3. The molecule has 0 spiro atoms. The molecule has 12 nitrogen and oxygen atoms in total. The fourth-order valence-electron chi connectivity index (χ4n) is 7.74. The van der Waals surface area contributed by atoms with Gasteiger partial charge in [-0.3, -0.25) is 28.8 Å². The number of anilines is 1. The Hall–Kier alpha value is -4.74. The Labute approximate surface area is 279 Å². The summed E-state index contributed by atoms with van der Waals surface area (Å²) in [7, 11) is 1.32. The van der Waals surface area contributed by atoms with E-state index in [0.717, 1.165) is 43.9 Å². The molecule has 2 aromatic heterocycles. The lowest BCUT2D eigenvalue weighted by atomic mass is 9.59. The van der Waals surface area contributed by atoms with E-state index in [1.807, 2.05) is 6.07 Å². The monoisotopic (exact) mass is 659 g/mol. The van der Waals surface area contributed by atoms with Crippen molar-refractivity contribution < 1.29 is 28.4 Å². The quantitative estimate of drug-likeness (QED) is 0.227. The third kappa shape index (κ3) is 7.37. The first-order valence-corrected chi connectivity index (χ1v) is 16.8. The van der Waals surface area contributed by atoms with Gasteiger partial charge in [0, 0.05) is 36.2 Å². The van der Waals surface area contributed by atoms with Gasteiger partial charge in [0.15, 0.2) is 5.76 Å². The lowest BCUT2D eigenvalue weighted by Gasteiger charge is -2.52. The van der Waals surface area contributed by atoms with Crippen LogP contribution in [0.25, 0.3) is 11.0 Å². The van der Waals surface area contributed by atoms with Crippen molar-refractivity contribution in [3.63, 3.8) is 0 Å². The molecule has 0 bridgehead atoms. The van der Waals surface area contributed by atoms with Crippen molar-refractivity contribution in [2.24, 2.45) is 17.8 Å². The lowest BCUT2D eigenvalue weighted by molar-refractivity contribution is -0.137. The number of hydrogen-bond donors (Lipinski definition) is 4. The number of aromatic nitrogens is 1. The molecule has 2 saturated carbocycles. The molecule has 4 N–H and O–H groups in total. The number of fused-ring (bicyclic) bond motifs is 2. The van der Waals surface area contributed by atoms with Gasteiger partial charge in [-0.1, -0.05) is 51.3 Å². The number of aryl methyl sites for hydroxylation is 1. The lowest BCUT2D eigenvalue weighted by Crippen LogP contribution is -2.60. The summed E-state index contributed by atoms with van der Waals surface area (Å²) < 4.78 is 6.99. The minimum Gasteiger partial charge on any atom is -0.451 e. The van der Waals surface area contributed by atoms with Crippen LogP contribution in [-0.4, -0.2) is 52.6 Å². The van der Waals surface area contributed by atoms with Crippen molar-refractivity contribution in [3.05, 3.63) is 64.3 Å². The van der Waals surface area contributed by atoms with Gasteiger partial charge in [0.05, 0.1) is 0 Å². The number of hydrogen-bond acceptors (Lipinski definition) is 7. The number of carbonyl (C=O) groups excluding carboxylic acids is 5. The van der Waals surface area contributed by atoms with Crippen LogP contribution < -0.4 is 26.8 Å². The number of likely N-dealkylation sites (N-methyl/N-ethyl adjacent to an activating group) is 1. The fraction of sp³-hybridized carbons (Fsp3) is 0.500. The van der Waals surface area contributed by atoms with E-state index in [1.54, 1.807) is 31.2 Å². The van der Waals surface area contributed by atoms with Gasteiger partial charge >= 0.3 is 0 Å². The van der Waals surface area contributed by atoms with Crippen molar-refractivity contribution in [3.8, 4) is 0 Å². The molecule has 4 amide bonds. The number of ketones is 1. The highest BCUT2D eigenvalue weighted by molar-refractivity contribution is 6.36. The summed E-state index contributed by atoms with van der Waals surface area (Å²) >= 11 is 0. The number of carbonyl (C=O) groups is 5. The number of para-hydroxylation sites is 1. The first kappa shape index (κ1) is 34.6. The summed E-state index contributed by atoms with van der Waals surface area (Å²) in [5, 5.41) is 11.5. The highest BCUT2D eigenvalue weighted by Gasteiger charge is 2.47. The average molecular weight is 660 g/mol.